The molecule has 2 heterocycles. The van der Waals surface area contributed by atoms with E-state index in [1.54, 1.807) is 18.2 Å². The topological polar surface area (TPSA) is 48.5 Å². The third-order valence-corrected chi connectivity index (χ3v) is 5.34. The Bertz CT molecular complexity index is 867. The van der Waals surface area contributed by atoms with E-state index in [1.165, 1.54) is 12.1 Å². The highest BCUT2D eigenvalue weighted by Crippen LogP contribution is 2.30. The van der Waals surface area contributed by atoms with E-state index < -0.39 is 11.9 Å². The number of nitrogens with one attached hydrogen (secondary N) is 1. The molecule has 0 unspecified atom stereocenters. The van der Waals surface area contributed by atoms with E-state index in [-0.39, 0.29) is 24.6 Å². The van der Waals surface area contributed by atoms with Crippen LogP contribution in [0.1, 0.15) is 16.8 Å². The molecule has 1 N–H and O–H groups in total. The molecule has 1 aliphatic rings. The van der Waals surface area contributed by atoms with Gasteiger partial charge in [-0.05, 0) is 36.2 Å². The van der Waals surface area contributed by atoms with Gasteiger partial charge in [0.05, 0.1) is 6.54 Å². The lowest BCUT2D eigenvalue weighted by molar-refractivity contribution is -0.142. The van der Waals surface area contributed by atoms with Crippen LogP contribution in [0.25, 0.3) is 0 Å². The molecule has 1 fully saturated rings. The summed E-state index contributed by atoms with van der Waals surface area (Å²) in [7, 11) is 0. The van der Waals surface area contributed by atoms with Gasteiger partial charge >= 0.3 is 6.18 Å². The molecule has 29 heavy (non-hydrogen) atoms. The zero-order valence-corrected chi connectivity index (χ0v) is 16.7. The summed E-state index contributed by atoms with van der Waals surface area (Å²) >= 11 is 6.07. The van der Waals surface area contributed by atoms with Crippen LogP contribution in [0.2, 0.25) is 5.02 Å². The molecule has 0 atom stereocenters. The largest absolute Gasteiger partial charge is 0.433 e. The number of piperazine rings is 1. The number of carbonyl (C=O) groups is 1. The van der Waals surface area contributed by atoms with Crippen LogP contribution in [0.4, 0.5) is 18.9 Å². The van der Waals surface area contributed by atoms with E-state index in [0.717, 1.165) is 11.8 Å². The van der Waals surface area contributed by atoms with E-state index >= 15 is 0 Å². The molecule has 3 rings (SSSR count). The number of benzene rings is 1. The molecule has 9 heteroatoms. The molecule has 1 amide bonds. The van der Waals surface area contributed by atoms with Gasteiger partial charge in [0, 0.05) is 49.6 Å². The first kappa shape index (κ1) is 21.5. The number of hydrogen-bond donors (Lipinski definition) is 1. The average Bonchev–Trinajstić information content (AvgIpc) is 2.67. The highest BCUT2D eigenvalue weighted by molar-refractivity contribution is 6.31. The molecule has 156 valence electrons. The summed E-state index contributed by atoms with van der Waals surface area (Å²) in [6.45, 7) is 4.60. The lowest BCUT2D eigenvalue weighted by Gasteiger charge is -2.34. The number of rotatable bonds is 5. The van der Waals surface area contributed by atoms with Crippen LogP contribution in [0, 0.1) is 6.92 Å². The Morgan fingerprint density at radius 1 is 1.14 bits per heavy atom. The lowest BCUT2D eigenvalue weighted by Crippen LogP contribution is -2.48. The maximum absolute atomic E-state index is 13.1. The fourth-order valence-electron chi connectivity index (χ4n) is 3.30. The summed E-state index contributed by atoms with van der Waals surface area (Å²) in [5.41, 5.74) is 0.822. The van der Waals surface area contributed by atoms with Gasteiger partial charge in [-0.25, -0.2) is 0 Å². The van der Waals surface area contributed by atoms with Gasteiger partial charge in [0.1, 0.15) is 5.69 Å². The zero-order valence-electron chi connectivity index (χ0n) is 16.0. The number of amides is 1. The Balaban J connectivity index is 1.51. The molecule has 5 nitrogen and oxygen atoms in total. The Kier molecular flexibility index (Phi) is 6.77. The predicted molar refractivity (Wildman–Crippen MR) is 106 cm³/mol. The standard InChI is InChI=1S/C20H22ClF3N4O/c1-14-16(21)5-2-6-17(14)26-18(29)13-28-10-8-27(9-11-28)12-15-4-3-7-25-19(15)20(22,23)24/h2-7H,8-13H2,1H3,(H,26,29). The Morgan fingerprint density at radius 2 is 1.83 bits per heavy atom. The summed E-state index contributed by atoms with van der Waals surface area (Å²) < 4.78 is 39.3. The van der Waals surface area contributed by atoms with Gasteiger partial charge in [0.2, 0.25) is 5.91 Å². The summed E-state index contributed by atoms with van der Waals surface area (Å²) in [4.78, 5) is 19.8. The smallest absolute Gasteiger partial charge is 0.325 e. The zero-order chi connectivity index (χ0) is 21.0. The van der Waals surface area contributed by atoms with Crippen LogP contribution in [0.3, 0.4) is 0 Å². The fourth-order valence-corrected chi connectivity index (χ4v) is 3.48. The maximum atomic E-state index is 13.1. The van der Waals surface area contributed by atoms with Gasteiger partial charge in [0.15, 0.2) is 0 Å². The highest BCUT2D eigenvalue weighted by atomic mass is 35.5. The SMILES string of the molecule is Cc1c(Cl)cccc1NC(=O)CN1CCN(Cc2cccnc2C(F)(F)F)CC1. The van der Waals surface area contributed by atoms with Crippen molar-refractivity contribution < 1.29 is 18.0 Å². The quantitative estimate of drug-likeness (QED) is 0.789. The molecule has 1 aromatic carbocycles. The second kappa shape index (κ2) is 9.11. The maximum Gasteiger partial charge on any atom is 0.433 e. The summed E-state index contributed by atoms with van der Waals surface area (Å²) in [6.07, 6.45) is -3.31. The van der Waals surface area contributed by atoms with Gasteiger partial charge in [-0.1, -0.05) is 23.7 Å². The van der Waals surface area contributed by atoms with Gasteiger partial charge in [0.25, 0.3) is 0 Å². The van der Waals surface area contributed by atoms with Crippen molar-refractivity contribution in [2.75, 3.05) is 38.0 Å². The van der Waals surface area contributed by atoms with Crippen molar-refractivity contribution in [1.29, 1.82) is 0 Å². The average molecular weight is 427 g/mol. The second-order valence-electron chi connectivity index (χ2n) is 7.02. The van der Waals surface area contributed by atoms with Crippen LogP contribution >= 0.6 is 11.6 Å². The van der Waals surface area contributed by atoms with E-state index in [4.69, 9.17) is 11.6 Å². The molecule has 0 bridgehead atoms. The number of carbonyl (C=O) groups excluding carboxylic acids is 1. The normalized spacial score (nSPS) is 16.0. The van der Waals surface area contributed by atoms with Crippen LogP contribution in [0.5, 0.6) is 0 Å². The van der Waals surface area contributed by atoms with Crippen molar-refractivity contribution in [3.05, 3.63) is 58.4 Å². The molecule has 0 aliphatic carbocycles. The van der Waals surface area contributed by atoms with Crippen molar-refractivity contribution in [3.63, 3.8) is 0 Å². The third-order valence-electron chi connectivity index (χ3n) is 4.93. The number of nitrogens with zero attached hydrogens (tertiary/aromatic N) is 3. The predicted octanol–water partition coefficient (Wildman–Crippen LogP) is 3.82. The first-order chi connectivity index (χ1) is 13.7. The monoisotopic (exact) mass is 426 g/mol. The first-order valence-electron chi connectivity index (χ1n) is 9.25. The van der Waals surface area contributed by atoms with Crippen molar-refractivity contribution in [3.8, 4) is 0 Å². The molecular weight excluding hydrogens is 405 g/mol. The van der Waals surface area contributed by atoms with E-state index in [0.29, 0.717) is 36.9 Å². The Morgan fingerprint density at radius 3 is 2.52 bits per heavy atom. The molecule has 1 aliphatic heterocycles. The van der Waals surface area contributed by atoms with Crippen molar-refractivity contribution in [2.24, 2.45) is 0 Å². The van der Waals surface area contributed by atoms with Crippen LogP contribution < -0.4 is 5.32 Å². The highest BCUT2D eigenvalue weighted by Gasteiger charge is 2.35. The van der Waals surface area contributed by atoms with E-state index in [9.17, 15) is 18.0 Å². The van der Waals surface area contributed by atoms with Crippen molar-refractivity contribution in [1.82, 2.24) is 14.8 Å². The van der Waals surface area contributed by atoms with E-state index in [1.807, 2.05) is 16.7 Å². The molecule has 0 radical (unpaired) electrons. The second-order valence-corrected chi connectivity index (χ2v) is 7.43. The lowest BCUT2D eigenvalue weighted by atomic mass is 10.1. The molecular formula is C20H22ClF3N4O. The molecule has 1 aromatic heterocycles. The van der Waals surface area contributed by atoms with E-state index in [2.05, 4.69) is 10.3 Å². The Labute approximate surface area is 172 Å². The molecule has 1 saturated heterocycles. The fraction of sp³-hybridized carbons (Fsp3) is 0.400. The number of pyridine rings is 1. The van der Waals surface area contributed by atoms with Crippen LogP contribution in [0.15, 0.2) is 36.5 Å². The van der Waals surface area contributed by atoms with Gasteiger partial charge in [-0.15, -0.1) is 0 Å². The molecule has 2 aromatic rings. The minimum absolute atomic E-state index is 0.143. The van der Waals surface area contributed by atoms with Crippen LogP contribution in [-0.2, 0) is 17.5 Å². The minimum Gasteiger partial charge on any atom is -0.325 e. The van der Waals surface area contributed by atoms with Crippen molar-refractivity contribution in [2.45, 2.75) is 19.6 Å². The number of aromatic nitrogens is 1. The third kappa shape index (κ3) is 5.68. The molecule has 0 spiro atoms. The number of alkyl halides is 3. The number of hydrogen-bond acceptors (Lipinski definition) is 4. The first-order valence-corrected chi connectivity index (χ1v) is 9.62. The Hall–Kier alpha value is -2.16. The van der Waals surface area contributed by atoms with Gasteiger partial charge < -0.3 is 5.32 Å². The number of halogens is 4. The van der Waals surface area contributed by atoms with Gasteiger partial charge in [-0.3, -0.25) is 19.6 Å². The van der Waals surface area contributed by atoms with Crippen molar-refractivity contribution >= 4 is 23.2 Å². The summed E-state index contributed by atoms with van der Waals surface area (Å²) in [5.74, 6) is -0.143. The minimum atomic E-state index is -4.46. The molecule has 0 saturated carbocycles. The summed E-state index contributed by atoms with van der Waals surface area (Å²) in [5, 5.41) is 3.45. The van der Waals surface area contributed by atoms with Crippen LogP contribution in [-0.4, -0.2) is 53.4 Å². The summed E-state index contributed by atoms with van der Waals surface area (Å²) in [6, 6.07) is 8.31. The van der Waals surface area contributed by atoms with Gasteiger partial charge in [-0.2, -0.15) is 13.2 Å². The number of anilines is 1.